The van der Waals surface area contributed by atoms with Crippen LogP contribution in [0.15, 0.2) is 12.4 Å². The number of likely N-dealkylation sites (N-methyl/N-ethyl adjacent to an activating group) is 1. The van der Waals surface area contributed by atoms with Gasteiger partial charge in [0.05, 0.1) is 44.7 Å². The molecular formula is C18H27N5O4. The standard InChI is InChI=1S/C18H27N5O4/c1-21(2)16(25)13-23-8-9-27-18(10-15(23)24)4-6-22(7-5-18)17-19-11-14(26-3)12-20-17/h11-12H,4-10,13H2,1-3H3. The van der Waals surface area contributed by atoms with Gasteiger partial charge in [-0.1, -0.05) is 0 Å². The van der Waals surface area contributed by atoms with Crippen LogP contribution in [-0.4, -0.2) is 91.2 Å². The highest BCUT2D eigenvalue weighted by atomic mass is 16.5. The van der Waals surface area contributed by atoms with E-state index in [1.54, 1.807) is 38.5 Å². The summed E-state index contributed by atoms with van der Waals surface area (Å²) in [5.41, 5.74) is -0.462. The molecule has 0 saturated carbocycles. The van der Waals surface area contributed by atoms with Crippen molar-refractivity contribution in [3.8, 4) is 5.75 Å². The van der Waals surface area contributed by atoms with Gasteiger partial charge in [-0.3, -0.25) is 9.59 Å². The first-order valence-corrected chi connectivity index (χ1v) is 9.15. The molecule has 2 aliphatic heterocycles. The van der Waals surface area contributed by atoms with E-state index in [4.69, 9.17) is 9.47 Å². The third-order valence-corrected chi connectivity index (χ3v) is 5.23. The van der Waals surface area contributed by atoms with Crippen LogP contribution in [0.1, 0.15) is 19.3 Å². The highest BCUT2D eigenvalue weighted by Gasteiger charge is 2.41. The first-order valence-electron chi connectivity index (χ1n) is 9.15. The van der Waals surface area contributed by atoms with Gasteiger partial charge < -0.3 is 24.2 Å². The minimum Gasteiger partial charge on any atom is -0.494 e. The Morgan fingerprint density at radius 1 is 1.26 bits per heavy atom. The smallest absolute Gasteiger partial charge is 0.241 e. The Kier molecular flexibility index (Phi) is 5.79. The van der Waals surface area contributed by atoms with E-state index in [1.165, 1.54) is 4.90 Å². The van der Waals surface area contributed by atoms with Crippen molar-refractivity contribution in [1.29, 1.82) is 0 Å². The minimum absolute atomic E-state index is 0.0168. The SMILES string of the molecule is COc1cnc(N2CCC3(CC2)CC(=O)N(CC(=O)N(C)C)CCO3)nc1. The van der Waals surface area contributed by atoms with Crippen LogP contribution >= 0.6 is 0 Å². The van der Waals surface area contributed by atoms with E-state index in [0.29, 0.717) is 31.3 Å². The largest absolute Gasteiger partial charge is 0.494 e. The maximum Gasteiger partial charge on any atom is 0.241 e. The predicted molar refractivity (Wildman–Crippen MR) is 98.6 cm³/mol. The van der Waals surface area contributed by atoms with Crippen LogP contribution in [0.4, 0.5) is 5.95 Å². The van der Waals surface area contributed by atoms with E-state index in [9.17, 15) is 9.59 Å². The van der Waals surface area contributed by atoms with Crippen LogP contribution < -0.4 is 9.64 Å². The molecule has 1 aromatic rings. The van der Waals surface area contributed by atoms with E-state index in [0.717, 1.165) is 25.9 Å². The van der Waals surface area contributed by atoms with E-state index in [1.807, 2.05) is 0 Å². The molecule has 2 aliphatic rings. The fourth-order valence-corrected chi connectivity index (χ4v) is 3.42. The lowest BCUT2D eigenvalue weighted by Crippen LogP contribution is -2.48. The molecule has 2 saturated heterocycles. The predicted octanol–water partition coefficient (Wildman–Crippen LogP) is 0.161. The molecular weight excluding hydrogens is 350 g/mol. The lowest BCUT2D eigenvalue weighted by atomic mass is 9.87. The molecule has 27 heavy (non-hydrogen) atoms. The molecule has 0 atom stereocenters. The molecule has 0 unspecified atom stereocenters. The van der Waals surface area contributed by atoms with Crippen LogP contribution in [0.2, 0.25) is 0 Å². The molecule has 148 valence electrons. The van der Waals surface area contributed by atoms with Gasteiger partial charge in [-0.15, -0.1) is 0 Å². The van der Waals surface area contributed by atoms with Gasteiger partial charge in [0.1, 0.15) is 0 Å². The average molecular weight is 377 g/mol. The first-order chi connectivity index (χ1) is 12.9. The highest BCUT2D eigenvalue weighted by molar-refractivity contribution is 5.85. The maximum atomic E-state index is 12.7. The van der Waals surface area contributed by atoms with Crippen molar-refractivity contribution < 1.29 is 19.1 Å². The second-order valence-corrected chi connectivity index (χ2v) is 7.22. The van der Waals surface area contributed by atoms with Gasteiger partial charge in [-0.05, 0) is 12.8 Å². The molecule has 0 N–H and O–H groups in total. The third kappa shape index (κ3) is 4.47. The van der Waals surface area contributed by atoms with Crippen LogP contribution in [0, 0.1) is 0 Å². The van der Waals surface area contributed by atoms with Crippen molar-refractivity contribution >= 4 is 17.8 Å². The van der Waals surface area contributed by atoms with E-state index < -0.39 is 5.60 Å². The summed E-state index contributed by atoms with van der Waals surface area (Å²) in [6.45, 7) is 2.44. The Hall–Kier alpha value is -2.42. The number of piperidine rings is 1. The van der Waals surface area contributed by atoms with Gasteiger partial charge in [-0.2, -0.15) is 0 Å². The van der Waals surface area contributed by atoms with Crippen LogP contribution in [0.3, 0.4) is 0 Å². The Morgan fingerprint density at radius 3 is 2.52 bits per heavy atom. The minimum atomic E-state index is -0.462. The number of aromatic nitrogens is 2. The zero-order valence-corrected chi connectivity index (χ0v) is 16.2. The molecule has 3 rings (SSSR count). The lowest BCUT2D eigenvalue weighted by molar-refractivity contribution is -0.140. The number of carbonyl (C=O) groups excluding carboxylic acids is 2. The van der Waals surface area contributed by atoms with Gasteiger partial charge in [0, 0.05) is 33.7 Å². The van der Waals surface area contributed by atoms with E-state index in [-0.39, 0.29) is 18.4 Å². The molecule has 9 nitrogen and oxygen atoms in total. The fourth-order valence-electron chi connectivity index (χ4n) is 3.42. The summed E-state index contributed by atoms with van der Waals surface area (Å²) in [6, 6.07) is 0. The molecule has 9 heteroatoms. The Labute approximate surface area is 159 Å². The maximum absolute atomic E-state index is 12.7. The molecule has 0 aromatic carbocycles. The zero-order chi connectivity index (χ0) is 19.4. The van der Waals surface area contributed by atoms with Gasteiger partial charge in [-0.25, -0.2) is 9.97 Å². The van der Waals surface area contributed by atoms with Gasteiger partial charge in [0.25, 0.3) is 0 Å². The van der Waals surface area contributed by atoms with E-state index >= 15 is 0 Å². The zero-order valence-electron chi connectivity index (χ0n) is 16.2. The second kappa shape index (κ2) is 8.08. The highest BCUT2D eigenvalue weighted by Crippen LogP contribution is 2.33. The van der Waals surface area contributed by atoms with Crippen LogP contribution in [-0.2, 0) is 14.3 Å². The summed E-state index contributed by atoms with van der Waals surface area (Å²) in [7, 11) is 4.97. The molecule has 0 bridgehead atoms. The van der Waals surface area contributed by atoms with Gasteiger partial charge >= 0.3 is 0 Å². The number of anilines is 1. The number of carbonyl (C=O) groups is 2. The van der Waals surface area contributed by atoms with Crippen molar-refractivity contribution in [1.82, 2.24) is 19.8 Å². The summed E-state index contributed by atoms with van der Waals surface area (Å²) in [5, 5.41) is 0. The number of hydrogen-bond donors (Lipinski definition) is 0. The molecule has 2 amide bonds. The molecule has 0 radical (unpaired) electrons. The fraction of sp³-hybridized carbons (Fsp3) is 0.667. The monoisotopic (exact) mass is 377 g/mol. The summed E-state index contributed by atoms with van der Waals surface area (Å²) < 4.78 is 11.2. The number of methoxy groups -OCH3 is 1. The Morgan fingerprint density at radius 2 is 1.93 bits per heavy atom. The van der Waals surface area contributed by atoms with Crippen molar-refractivity contribution in [2.24, 2.45) is 0 Å². The molecule has 2 fully saturated rings. The van der Waals surface area contributed by atoms with E-state index in [2.05, 4.69) is 14.9 Å². The van der Waals surface area contributed by atoms with Crippen molar-refractivity contribution in [2.45, 2.75) is 24.9 Å². The summed E-state index contributed by atoms with van der Waals surface area (Å²) in [5.74, 6) is 1.18. The average Bonchev–Trinajstić information content (AvgIpc) is 2.81. The molecule has 3 heterocycles. The second-order valence-electron chi connectivity index (χ2n) is 7.22. The summed E-state index contributed by atoms with van der Waals surface area (Å²) >= 11 is 0. The third-order valence-electron chi connectivity index (χ3n) is 5.23. The van der Waals surface area contributed by atoms with Crippen molar-refractivity contribution in [3.05, 3.63) is 12.4 Å². The molecule has 0 aliphatic carbocycles. The number of hydrogen-bond acceptors (Lipinski definition) is 7. The normalized spacial score (nSPS) is 19.7. The van der Waals surface area contributed by atoms with Crippen molar-refractivity contribution in [2.75, 3.05) is 58.9 Å². The lowest BCUT2D eigenvalue weighted by Gasteiger charge is -2.40. The van der Waals surface area contributed by atoms with Gasteiger partial charge in [0.15, 0.2) is 5.75 Å². The first kappa shape index (κ1) is 19.3. The Balaban J connectivity index is 1.60. The topological polar surface area (TPSA) is 88.1 Å². The number of rotatable bonds is 4. The summed E-state index contributed by atoms with van der Waals surface area (Å²) in [6.07, 6.45) is 5.06. The number of nitrogens with zero attached hydrogens (tertiary/aromatic N) is 5. The van der Waals surface area contributed by atoms with Crippen LogP contribution in [0.5, 0.6) is 5.75 Å². The molecule has 1 spiro atoms. The summed E-state index contributed by atoms with van der Waals surface area (Å²) in [4.78, 5) is 38.5. The van der Waals surface area contributed by atoms with Gasteiger partial charge in [0.2, 0.25) is 17.8 Å². The quantitative estimate of drug-likeness (QED) is 0.739. The van der Waals surface area contributed by atoms with Crippen LogP contribution in [0.25, 0.3) is 0 Å². The number of amides is 2. The Bertz CT molecular complexity index is 671. The molecule has 1 aromatic heterocycles. The number of ether oxygens (including phenoxy) is 2. The van der Waals surface area contributed by atoms with Crippen molar-refractivity contribution in [3.63, 3.8) is 0 Å².